The molecule has 2 nitrogen and oxygen atoms in total. The van der Waals surface area contributed by atoms with Crippen LogP contribution in [0.5, 0.6) is 0 Å². The highest BCUT2D eigenvalue weighted by molar-refractivity contribution is 5.85. The molecule has 0 amide bonds. The molecule has 0 fully saturated rings. The van der Waals surface area contributed by atoms with Crippen LogP contribution in [0.1, 0.15) is 0 Å². The van der Waals surface area contributed by atoms with Gasteiger partial charge in [0.05, 0.1) is 0 Å². The van der Waals surface area contributed by atoms with Crippen molar-refractivity contribution in [1.29, 1.82) is 0 Å². The van der Waals surface area contributed by atoms with Gasteiger partial charge in [-0.05, 0) is 12.2 Å². The van der Waals surface area contributed by atoms with Crippen LogP contribution in [0.3, 0.4) is 0 Å². The zero-order valence-corrected chi connectivity index (χ0v) is 7.55. The van der Waals surface area contributed by atoms with Gasteiger partial charge < -0.3 is 5.11 Å². The molecule has 0 heterocycles. The van der Waals surface area contributed by atoms with E-state index in [4.69, 9.17) is 5.11 Å². The first-order valence-corrected chi connectivity index (χ1v) is 3.97. The Hall–Kier alpha value is -1.66. The Balaban J connectivity index is 3.23. The molecule has 2 unspecified atom stereocenters. The van der Waals surface area contributed by atoms with Crippen LogP contribution in [0.2, 0.25) is 0 Å². The van der Waals surface area contributed by atoms with E-state index in [1.807, 2.05) is 0 Å². The molecule has 1 aliphatic carbocycles. The first-order valence-electron chi connectivity index (χ1n) is 3.97. The van der Waals surface area contributed by atoms with E-state index >= 15 is 0 Å². The molecule has 0 bridgehead atoms. The molecule has 16 heavy (non-hydrogen) atoms. The number of alkyl halides is 2. The Morgan fingerprint density at radius 1 is 1.44 bits per heavy atom. The van der Waals surface area contributed by atoms with E-state index in [0.717, 1.165) is 0 Å². The molecule has 0 aromatic carbocycles. The molecule has 0 saturated carbocycles. The number of rotatable bonds is 2. The number of carboxylic acid groups (broad SMARTS) is 1. The molecule has 88 valence electrons. The maximum Gasteiger partial charge on any atom is 0.367 e. The molecule has 1 aliphatic rings. The molecule has 0 aromatic heterocycles. The Bertz CT molecular complexity index is 412. The fourth-order valence-electron chi connectivity index (χ4n) is 1.10. The molecular formula is C9H5F5O2. The third-order valence-electron chi connectivity index (χ3n) is 1.92. The SMILES string of the molecule is O=C(O)C(F)=C(F)C1(F)C=CC=C(F)C1F. The molecule has 7 heteroatoms. The maximum atomic E-state index is 13.5. The van der Waals surface area contributed by atoms with Crippen molar-refractivity contribution >= 4 is 5.97 Å². The monoisotopic (exact) mass is 240 g/mol. The highest BCUT2D eigenvalue weighted by Gasteiger charge is 2.48. The van der Waals surface area contributed by atoms with Gasteiger partial charge in [-0.1, -0.05) is 6.08 Å². The first-order chi connectivity index (χ1) is 7.30. The molecule has 2 atom stereocenters. The Labute approximate surface area is 86.4 Å². The number of carbonyl (C=O) groups is 1. The first kappa shape index (κ1) is 12.4. The summed E-state index contributed by atoms with van der Waals surface area (Å²) in [5.41, 5.74) is -3.76. The molecule has 1 rings (SSSR count). The van der Waals surface area contributed by atoms with E-state index in [2.05, 4.69) is 0 Å². The number of hydrogen-bond acceptors (Lipinski definition) is 1. The van der Waals surface area contributed by atoms with Crippen molar-refractivity contribution in [2.45, 2.75) is 11.8 Å². The summed E-state index contributed by atoms with van der Waals surface area (Å²) in [6.45, 7) is 0. The number of carboxylic acids is 1. The molecule has 1 N–H and O–H groups in total. The summed E-state index contributed by atoms with van der Waals surface area (Å²) < 4.78 is 64.7. The van der Waals surface area contributed by atoms with Gasteiger partial charge in [0, 0.05) is 0 Å². The third kappa shape index (κ3) is 1.84. The highest BCUT2D eigenvalue weighted by Crippen LogP contribution is 2.39. The molecule has 0 aliphatic heterocycles. The number of allylic oxidation sites excluding steroid dienone is 5. The normalized spacial score (nSPS) is 30.8. The predicted molar refractivity (Wildman–Crippen MR) is 43.9 cm³/mol. The summed E-state index contributed by atoms with van der Waals surface area (Å²) in [5, 5.41) is 8.06. The topological polar surface area (TPSA) is 37.3 Å². The van der Waals surface area contributed by atoms with Crippen LogP contribution in [-0.2, 0) is 4.79 Å². The predicted octanol–water partition coefficient (Wildman–Crippen LogP) is 2.69. The second-order valence-electron chi connectivity index (χ2n) is 2.97. The van der Waals surface area contributed by atoms with E-state index in [1.165, 1.54) is 0 Å². The van der Waals surface area contributed by atoms with Gasteiger partial charge in [-0.3, -0.25) is 0 Å². The quantitative estimate of drug-likeness (QED) is 0.595. The Kier molecular flexibility index (Phi) is 3.16. The summed E-state index contributed by atoms with van der Waals surface area (Å²) >= 11 is 0. The van der Waals surface area contributed by atoms with Crippen molar-refractivity contribution < 1.29 is 31.9 Å². The molecule has 0 saturated heterocycles. The number of aliphatic carboxylic acids is 1. The van der Waals surface area contributed by atoms with Crippen molar-refractivity contribution in [3.8, 4) is 0 Å². The van der Waals surface area contributed by atoms with Crippen molar-refractivity contribution in [2.24, 2.45) is 0 Å². The van der Waals surface area contributed by atoms with Gasteiger partial charge in [0.1, 0.15) is 5.83 Å². The van der Waals surface area contributed by atoms with E-state index in [9.17, 15) is 26.7 Å². The van der Waals surface area contributed by atoms with E-state index in [-0.39, 0.29) is 6.08 Å². The molecular weight excluding hydrogens is 235 g/mol. The van der Waals surface area contributed by atoms with Gasteiger partial charge in [-0.25, -0.2) is 22.4 Å². The molecule has 0 aromatic rings. The third-order valence-corrected chi connectivity index (χ3v) is 1.92. The number of halogens is 5. The van der Waals surface area contributed by atoms with Gasteiger partial charge >= 0.3 is 5.97 Å². The van der Waals surface area contributed by atoms with Crippen LogP contribution in [0.4, 0.5) is 22.0 Å². The lowest BCUT2D eigenvalue weighted by Gasteiger charge is -2.24. The highest BCUT2D eigenvalue weighted by atomic mass is 19.2. The van der Waals surface area contributed by atoms with Crippen LogP contribution in [-0.4, -0.2) is 22.9 Å². The van der Waals surface area contributed by atoms with Gasteiger partial charge in [0.2, 0.25) is 11.5 Å². The van der Waals surface area contributed by atoms with E-state index in [0.29, 0.717) is 12.2 Å². The lowest BCUT2D eigenvalue weighted by Crippen LogP contribution is -2.36. The standard InChI is InChI=1S/C9H5F5O2/c10-4-2-1-3-9(14,6(4)12)7(13)5(11)8(15)16/h1-3,6H,(H,15,16). The van der Waals surface area contributed by atoms with Crippen molar-refractivity contribution in [3.63, 3.8) is 0 Å². The van der Waals surface area contributed by atoms with Gasteiger partial charge in [-0.2, -0.15) is 4.39 Å². The fourth-order valence-corrected chi connectivity index (χ4v) is 1.10. The van der Waals surface area contributed by atoms with Crippen molar-refractivity contribution in [2.75, 3.05) is 0 Å². The van der Waals surface area contributed by atoms with Crippen LogP contribution in [0.15, 0.2) is 35.7 Å². The average Bonchev–Trinajstić information content (AvgIpc) is 2.23. The largest absolute Gasteiger partial charge is 0.476 e. The number of hydrogen-bond donors (Lipinski definition) is 1. The Morgan fingerprint density at radius 3 is 2.50 bits per heavy atom. The maximum absolute atomic E-state index is 13.5. The second kappa shape index (κ2) is 4.07. The summed E-state index contributed by atoms with van der Waals surface area (Å²) in [6, 6.07) is 0. The average molecular weight is 240 g/mol. The molecule has 0 radical (unpaired) electrons. The minimum absolute atomic E-state index is 0.207. The zero-order chi connectivity index (χ0) is 12.5. The minimum atomic E-state index is -3.76. The fraction of sp³-hybridized carbons (Fsp3) is 0.222. The Morgan fingerprint density at radius 2 is 2.00 bits per heavy atom. The van der Waals surface area contributed by atoms with Crippen LogP contribution >= 0.6 is 0 Å². The van der Waals surface area contributed by atoms with Gasteiger partial charge in [0.25, 0.3) is 0 Å². The minimum Gasteiger partial charge on any atom is -0.476 e. The van der Waals surface area contributed by atoms with Crippen molar-refractivity contribution in [1.82, 2.24) is 0 Å². The van der Waals surface area contributed by atoms with Crippen LogP contribution in [0.25, 0.3) is 0 Å². The van der Waals surface area contributed by atoms with Gasteiger partial charge in [-0.15, -0.1) is 0 Å². The van der Waals surface area contributed by atoms with Crippen LogP contribution < -0.4 is 0 Å². The van der Waals surface area contributed by atoms with Crippen LogP contribution in [0, 0.1) is 0 Å². The molecule has 0 spiro atoms. The zero-order valence-electron chi connectivity index (χ0n) is 7.55. The van der Waals surface area contributed by atoms with Gasteiger partial charge in [0.15, 0.2) is 12.0 Å². The summed E-state index contributed by atoms with van der Waals surface area (Å²) in [6.07, 6.45) is -1.75. The summed E-state index contributed by atoms with van der Waals surface area (Å²) in [4.78, 5) is 10.0. The summed E-state index contributed by atoms with van der Waals surface area (Å²) in [5.74, 6) is -9.06. The second-order valence-corrected chi connectivity index (χ2v) is 2.97. The van der Waals surface area contributed by atoms with Crippen molar-refractivity contribution in [3.05, 3.63) is 35.7 Å². The lowest BCUT2D eigenvalue weighted by atomic mass is 9.92. The van der Waals surface area contributed by atoms with E-state index < -0.39 is 35.3 Å². The lowest BCUT2D eigenvalue weighted by molar-refractivity contribution is -0.134. The smallest absolute Gasteiger partial charge is 0.367 e. The summed E-state index contributed by atoms with van der Waals surface area (Å²) in [7, 11) is 0. The van der Waals surface area contributed by atoms with E-state index in [1.54, 1.807) is 0 Å².